The van der Waals surface area contributed by atoms with Crippen LogP contribution in [0.4, 0.5) is 0 Å². The molecule has 1 rings (SSSR count). The summed E-state index contributed by atoms with van der Waals surface area (Å²) in [6.07, 6.45) is 1.51. The molecule has 0 aliphatic carbocycles. The molecule has 3 N–H and O–H groups in total. The number of rotatable bonds is 6. The fraction of sp³-hybridized carbons (Fsp3) is 0.889. The van der Waals surface area contributed by atoms with Gasteiger partial charge >= 0.3 is 0 Å². The van der Waals surface area contributed by atoms with E-state index in [4.69, 9.17) is 15.3 Å². The van der Waals surface area contributed by atoms with E-state index < -0.39 is 0 Å². The van der Waals surface area contributed by atoms with Crippen LogP contribution in [0.1, 0.15) is 12.8 Å². The normalized spacial score (nSPS) is 25.5. The molecule has 0 aromatic carbocycles. The van der Waals surface area contributed by atoms with Crippen LogP contribution in [0.3, 0.4) is 0 Å². The molecular weight excluding hydrogens is 216 g/mol. The smallest absolute Gasteiger partial charge is 0.263 e. The van der Waals surface area contributed by atoms with E-state index in [-0.39, 0.29) is 18.1 Å². The van der Waals surface area contributed by atoms with Crippen molar-refractivity contribution in [3.63, 3.8) is 0 Å². The molecule has 0 aromatic heterocycles. The van der Waals surface area contributed by atoms with Gasteiger partial charge < -0.3 is 9.47 Å². The van der Waals surface area contributed by atoms with Gasteiger partial charge in [-0.05, 0) is 12.8 Å². The van der Waals surface area contributed by atoms with Crippen LogP contribution in [0.2, 0.25) is 0 Å². The topological polar surface area (TPSA) is 73.6 Å². The van der Waals surface area contributed by atoms with Crippen molar-refractivity contribution in [3.05, 3.63) is 0 Å². The van der Waals surface area contributed by atoms with Crippen molar-refractivity contribution in [2.24, 2.45) is 5.84 Å². The van der Waals surface area contributed by atoms with Gasteiger partial charge in [-0.3, -0.25) is 10.2 Å². The predicted molar refractivity (Wildman–Crippen MR) is 59.4 cm³/mol. The van der Waals surface area contributed by atoms with Crippen LogP contribution in [0.15, 0.2) is 0 Å². The van der Waals surface area contributed by atoms with Crippen LogP contribution in [0.25, 0.3) is 0 Å². The quantitative estimate of drug-likeness (QED) is 0.291. The van der Waals surface area contributed by atoms with E-state index in [1.54, 1.807) is 18.9 Å². The fourth-order valence-corrected chi connectivity index (χ4v) is 2.43. The van der Waals surface area contributed by atoms with Crippen molar-refractivity contribution in [1.29, 1.82) is 0 Å². The molecule has 15 heavy (non-hydrogen) atoms. The van der Waals surface area contributed by atoms with Crippen LogP contribution in [-0.2, 0) is 14.3 Å². The minimum absolute atomic E-state index is 0.175. The molecule has 6 heteroatoms. The standard InChI is InChI=1S/C9H18N2O3S/c1-13-4-5-15-6-7-2-3-8(14-7)9(12)11-10/h7-8H,2-6,10H2,1H3,(H,11,12). The summed E-state index contributed by atoms with van der Waals surface area (Å²) in [5.74, 6) is 6.69. The minimum Gasteiger partial charge on any atom is -0.384 e. The van der Waals surface area contributed by atoms with Crippen LogP contribution < -0.4 is 11.3 Å². The third-order valence-electron chi connectivity index (χ3n) is 2.28. The molecule has 0 bridgehead atoms. The largest absolute Gasteiger partial charge is 0.384 e. The Morgan fingerprint density at radius 2 is 2.47 bits per heavy atom. The van der Waals surface area contributed by atoms with Crippen LogP contribution in [-0.4, -0.2) is 43.3 Å². The molecule has 88 valence electrons. The molecular formula is C9H18N2O3S. The number of thioether (sulfide) groups is 1. The van der Waals surface area contributed by atoms with E-state index in [0.29, 0.717) is 0 Å². The van der Waals surface area contributed by atoms with Crippen molar-refractivity contribution in [1.82, 2.24) is 5.43 Å². The van der Waals surface area contributed by atoms with Crippen LogP contribution in [0.5, 0.6) is 0 Å². The van der Waals surface area contributed by atoms with Crippen molar-refractivity contribution in [3.8, 4) is 0 Å². The number of ether oxygens (including phenoxy) is 2. The molecule has 0 spiro atoms. The zero-order valence-electron chi connectivity index (χ0n) is 8.90. The zero-order chi connectivity index (χ0) is 11.1. The average Bonchev–Trinajstić information content (AvgIpc) is 2.72. The fourth-order valence-electron chi connectivity index (χ4n) is 1.47. The average molecular weight is 234 g/mol. The highest BCUT2D eigenvalue weighted by Gasteiger charge is 2.29. The lowest BCUT2D eigenvalue weighted by molar-refractivity contribution is -0.131. The van der Waals surface area contributed by atoms with E-state index in [0.717, 1.165) is 31.0 Å². The van der Waals surface area contributed by atoms with Crippen molar-refractivity contribution in [2.75, 3.05) is 25.2 Å². The lowest BCUT2D eigenvalue weighted by atomic mass is 10.2. The molecule has 1 fully saturated rings. The van der Waals surface area contributed by atoms with Gasteiger partial charge in [-0.15, -0.1) is 0 Å². The van der Waals surface area contributed by atoms with Crippen LogP contribution in [0, 0.1) is 0 Å². The van der Waals surface area contributed by atoms with Gasteiger partial charge in [-0.25, -0.2) is 5.84 Å². The Kier molecular flexibility index (Phi) is 6.00. The molecule has 1 aliphatic rings. The summed E-state index contributed by atoms with van der Waals surface area (Å²) in [7, 11) is 1.69. The first kappa shape index (κ1) is 12.8. The number of hydrogen-bond donors (Lipinski definition) is 2. The second-order valence-corrected chi connectivity index (χ2v) is 4.55. The van der Waals surface area contributed by atoms with E-state index in [1.165, 1.54) is 0 Å². The third-order valence-corrected chi connectivity index (χ3v) is 3.34. The highest BCUT2D eigenvalue weighted by atomic mass is 32.2. The Morgan fingerprint density at radius 1 is 1.67 bits per heavy atom. The zero-order valence-corrected chi connectivity index (χ0v) is 9.72. The summed E-state index contributed by atoms with van der Waals surface area (Å²) in [4.78, 5) is 11.1. The van der Waals surface area contributed by atoms with Gasteiger partial charge in [-0.2, -0.15) is 11.8 Å². The van der Waals surface area contributed by atoms with Gasteiger partial charge in [-0.1, -0.05) is 0 Å². The monoisotopic (exact) mass is 234 g/mol. The van der Waals surface area contributed by atoms with Gasteiger partial charge in [0.05, 0.1) is 12.7 Å². The van der Waals surface area contributed by atoms with Crippen molar-refractivity contribution < 1.29 is 14.3 Å². The maximum absolute atomic E-state index is 11.1. The molecule has 1 amide bonds. The number of nitrogens with two attached hydrogens (primary N) is 1. The van der Waals surface area contributed by atoms with Gasteiger partial charge in [0.2, 0.25) is 0 Å². The second kappa shape index (κ2) is 7.05. The van der Waals surface area contributed by atoms with Crippen LogP contribution >= 0.6 is 11.8 Å². The molecule has 0 radical (unpaired) electrons. The lowest BCUT2D eigenvalue weighted by Crippen LogP contribution is -2.39. The summed E-state index contributed by atoms with van der Waals surface area (Å²) in [6, 6.07) is 0. The molecule has 1 aliphatic heterocycles. The van der Waals surface area contributed by atoms with E-state index in [1.807, 2.05) is 0 Å². The number of amides is 1. The van der Waals surface area contributed by atoms with Crippen molar-refractivity contribution >= 4 is 17.7 Å². The van der Waals surface area contributed by atoms with Gasteiger partial charge in [0, 0.05) is 18.6 Å². The van der Waals surface area contributed by atoms with E-state index >= 15 is 0 Å². The first-order chi connectivity index (χ1) is 7.27. The molecule has 2 unspecified atom stereocenters. The number of carbonyl (C=O) groups is 1. The Labute approximate surface area is 94.0 Å². The lowest BCUT2D eigenvalue weighted by Gasteiger charge is -2.11. The first-order valence-corrected chi connectivity index (χ1v) is 6.16. The number of nitrogens with one attached hydrogen (secondary N) is 1. The highest BCUT2D eigenvalue weighted by Crippen LogP contribution is 2.22. The summed E-state index contributed by atoms with van der Waals surface area (Å²) in [5.41, 5.74) is 2.11. The van der Waals surface area contributed by atoms with E-state index in [2.05, 4.69) is 5.43 Å². The molecule has 5 nitrogen and oxygen atoms in total. The number of hydrazine groups is 1. The number of carbonyl (C=O) groups excluding carboxylic acids is 1. The second-order valence-electron chi connectivity index (χ2n) is 3.40. The number of methoxy groups -OCH3 is 1. The summed E-state index contributed by atoms with van der Waals surface area (Å²) in [5, 5.41) is 0. The summed E-state index contributed by atoms with van der Waals surface area (Å²) >= 11 is 1.78. The Bertz CT molecular complexity index is 204. The van der Waals surface area contributed by atoms with Gasteiger partial charge in [0.1, 0.15) is 6.10 Å². The minimum atomic E-state index is -0.358. The van der Waals surface area contributed by atoms with Gasteiger partial charge in [0.25, 0.3) is 5.91 Å². The molecule has 0 aromatic rings. The molecule has 1 saturated heterocycles. The predicted octanol–water partition coefficient (Wildman–Crippen LogP) is -0.0965. The van der Waals surface area contributed by atoms with Crippen molar-refractivity contribution in [2.45, 2.75) is 25.0 Å². The Balaban J connectivity index is 2.11. The summed E-state index contributed by atoms with van der Waals surface area (Å²) < 4.78 is 10.5. The molecule has 0 saturated carbocycles. The highest BCUT2D eigenvalue weighted by molar-refractivity contribution is 7.99. The van der Waals surface area contributed by atoms with Gasteiger partial charge in [0.15, 0.2) is 0 Å². The first-order valence-electron chi connectivity index (χ1n) is 5.00. The Hall–Kier alpha value is -0.300. The number of hydrogen-bond acceptors (Lipinski definition) is 5. The Morgan fingerprint density at radius 3 is 3.13 bits per heavy atom. The maximum atomic E-state index is 11.1. The molecule has 2 atom stereocenters. The maximum Gasteiger partial charge on any atom is 0.263 e. The summed E-state index contributed by atoms with van der Waals surface area (Å²) in [6.45, 7) is 0.754. The SMILES string of the molecule is COCCSCC1CCC(C(=O)NN)O1. The van der Waals surface area contributed by atoms with E-state index in [9.17, 15) is 4.79 Å². The third kappa shape index (κ3) is 4.38. The molecule has 1 heterocycles.